The molecule has 0 saturated carbocycles. The normalized spacial score (nSPS) is 12.3. The first-order chi connectivity index (χ1) is 4.57. The number of carbonyl (C=O) groups excluding carboxylic acids is 1. The fraction of sp³-hybridized carbons (Fsp3) is 0.571. The summed E-state index contributed by atoms with van der Waals surface area (Å²) < 4.78 is 4.42. The lowest BCUT2D eigenvalue weighted by Gasteiger charge is -2.05. The molecule has 0 bridgehead atoms. The molecule has 58 valence electrons. The van der Waals surface area contributed by atoms with E-state index in [0.29, 0.717) is 12.0 Å². The number of carbonyl (C=O) groups is 1. The van der Waals surface area contributed by atoms with Gasteiger partial charge in [0.05, 0.1) is 7.11 Å². The zero-order valence-corrected chi connectivity index (χ0v) is 6.39. The highest BCUT2D eigenvalue weighted by Crippen LogP contribution is 2.01. The zero-order chi connectivity index (χ0) is 8.15. The van der Waals surface area contributed by atoms with Gasteiger partial charge in [0.2, 0.25) is 0 Å². The maximum atomic E-state index is 10.7. The van der Waals surface area contributed by atoms with Gasteiger partial charge in [0.15, 0.2) is 0 Å². The first-order valence-electron chi connectivity index (χ1n) is 3.09. The zero-order valence-electron chi connectivity index (χ0n) is 6.39. The average molecular weight is 143 g/mol. The molecule has 0 aromatic rings. The molecule has 0 saturated heterocycles. The van der Waals surface area contributed by atoms with Crippen molar-refractivity contribution in [3.63, 3.8) is 0 Å². The van der Waals surface area contributed by atoms with Crippen molar-refractivity contribution in [3.8, 4) is 0 Å². The van der Waals surface area contributed by atoms with Crippen LogP contribution in [-0.4, -0.2) is 19.1 Å². The number of hydrogen-bond donors (Lipinski definition) is 1. The molecule has 0 rings (SSSR count). The molecular weight excluding hydrogens is 130 g/mol. The van der Waals surface area contributed by atoms with Crippen LogP contribution in [-0.2, 0) is 9.53 Å². The van der Waals surface area contributed by atoms with Crippen LogP contribution in [0.25, 0.3) is 0 Å². The van der Waals surface area contributed by atoms with Gasteiger partial charge in [-0.25, -0.2) is 4.79 Å². The molecule has 0 spiro atoms. The predicted octanol–water partition coefficient (Wildman–Crippen LogP) is 0.453. The summed E-state index contributed by atoms with van der Waals surface area (Å²) >= 11 is 0. The van der Waals surface area contributed by atoms with Crippen molar-refractivity contribution in [1.29, 1.82) is 0 Å². The van der Waals surface area contributed by atoms with Gasteiger partial charge in [-0.1, -0.05) is 6.58 Å². The van der Waals surface area contributed by atoms with Crippen molar-refractivity contribution in [2.45, 2.75) is 19.4 Å². The lowest BCUT2D eigenvalue weighted by molar-refractivity contribution is -0.136. The van der Waals surface area contributed by atoms with E-state index >= 15 is 0 Å². The van der Waals surface area contributed by atoms with E-state index in [2.05, 4.69) is 11.3 Å². The van der Waals surface area contributed by atoms with Gasteiger partial charge in [-0.15, -0.1) is 0 Å². The van der Waals surface area contributed by atoms with E-state index in [0.717, 1.165) is 0 Å². The lowest BCUT2D eigenvalue weighted by atomic mass is 10.1. The smallest absolute Gasteiger partial charge is 0.333 e. The maximum absolute atomic E-state index is 10.7. The molecule has 1 atom stereocenters. The number of nitrogens with two attached hydrogens (primary N) is 1. The summed E-state index contributed by atoms with van der Waals surface area (Å²) in [5.41, 5.74) is 5.85. The van der Waals surface area contributed by atoms with Crippen LogP contribution in [0, 0.1) is 0 Å². The Kier molecular flexibility index (Phi) is 3.72. The van der Waals surface area contributed by atoms with E-state index in [9.17, 15) is 4.79 Å². The van der Waals surface area contributed by atoms with E-state index in [1.165, 1.54) is 7.11 Å². The van der Waals surface area contributed by atoms with Gasteiger partial charge in [-0.2, -0.15) is 0 Å². The highest BCUT2D eigenvalue weighted by molar-refractivity contribution is 5.87. The quantitative estimate of drug-likeness (QED) is 0.461. The van der Waals surface area contributed by atoms with Gasteiger partial charge in [0.25, 0.3) is 0 Å². The molecule has 2 N–H and O–H groups in total. The van der Waals surface area contributed by atoms with Gasteiger partial charge in [0.1, 0.15) is 0 Å². The summed E-state index contributed by atoms with van der Waals surface area (Å²) in [6.45, 7) is 5.32. The third-order valence-corrected chi connectivity index (χ3v) is 1.04. The van der Waals surface area contributed by atoms with Crippen LogP contribution < -0.4 is 5.73 Å². The lowest BCUT2D eigenvalue weighted by Crippen LogP contribution is -2.18. The number of hydrogen-bond acceptors (Lipinski definition) is 3. The molecule has 0 radical (unpaired) electrons. The molecule has 0 amide bonds. The summed E-state index contributed by atoms with van der Waals surface area (Å²) in [4.78, 5) is 10.7. The Morgan fingerprint density at radius 2 is 2.30 bits per heavy atom. The van der Waals surface area contributed by atoms with Crippen LogP contribution in [0.15, 0.2) is 12.2 Å². The Labute approximate surface area is 60.9 Å². The van der Waals surface area contributed by atoms with E-state index in [-0.39, 0.29) is 12.0 Å². The highest BCUT2D eigenvalue weighted by Gasteiger charge is 2.07. The minimum Gasteiger partial charge on any atom is -0.466 e. The van der Waals surface area contributed by atoms with Crippen molar-refractivity contribution in [2.24, 2.45) is 5.73 Å². The molecule has 0 aliphatic carbocycles. The first kappa shape index (κ1) is 9.17. The van der Waals surface area contributed by atoms with Crippen LogP contribution in [0.2, 0.25) is 0 Å². The molecule has 0 heterocycles. The van der Waals surface area contributed by atoms with Gasteiger partial charge in [-0.05, 0) is 13.3 Å². The molecule has 0 aliphatic rings. The number of rotatable bonds is 3. The second-order valence-electron chi connectivity index (χ2n) is 2.28. The maximum Gasteiger partial charge on any atom is 0.333 e. The van der Waals surface area contributed by atoms with E-state index in [1.54, 1.807) is 0 Å². The van der Waals surface area contributed by atoms with Crippen molar-refractivity contribution in [3.05, 3.63) is 12.2 Å². The van der Waals surface area contributed by atoms with Crippen LogP contribution in [0.4, 0.5) is 0 Å². The molecule has 3 heteroatoms. The minimum atomic E-state index is -0.378. The fourth-order valence-corrected chi connectivity index (χ4v) is 0.616. The Hall–Kier alpha value is -0.830. The van der Waals surface area contributed by atoms with Crippen LogP contribution in [0.5, 0.6) is 0 Å². The molecule has 0 unspecified atom stereocenters. The first-order valence-corrected chi connectivity index (χ1v) is 3.09. The van der Waals surface area contributed by atoms with Crippen LogP contribution in [0.3, 0.4) is 0 Å². The highest BCUT2D eigenvalue weighted by atomic mass is 16.5. The molecule has 0 aromatic carbocycles. The monoisotopic (exact) mass is 143 g/mol. The van der Waals surface area contributed by atoms with Crippen molar-refractivity contribution < 1.29 is 9.53 Å². The minimum absolute atomic E-state index is 0.0356. The van der Waals surface area contributed by atoms with E-state index in [1.807, 2.05) is 6.92 Å². The molecule has 0 fully saturated rings. The van der Waals surface area contributed by atoms with E-state index < -0.39 is 0 Å². The van der Waals surface area contributed by atoms with Gasteiger partial charge >= 0.3 is 5.97 Å². The van der Waals surface area contributed by atoms with Gasteiger partial charge < -0.3 is 10.5 Å². The summed E-state index contributed by atoms with van der Waals surface area (Å²) in [6.07, 6.45) is 0.493. The van der Waals surface area contributed by atoms with Crippen LogP contribution in [0.1, 0.15) is 13.3 Å². The van der Waals surface area contributed by atoms with Gasteiger partial charge in [-0.3, -0.25) is 0 Å². The summed E-state index contributed by atoms with van der Waals surface area (Å²) in [7, 11) is 1.33. The van der Waals surface area contributed by atoms with Crippen molar-refractivity contribution in [2.75, 3.05) is 7.11 Å². The Bertz CT molecular complexity index is 141. The Morgan fingerprint density at radius 3 is 2.60 bits per heavy atom. The summed E-state index contributed by atoms with van der Waals surface area (Å²) in [5, 5.41) is 0. The SMILES string of the molecule is C=C(C[C@H](C)N)C(=O)OC. The van der Waals surface area contributed by atoms with Gasteiger partial charge in [0, 0.05) is 11.6 Å². The molecule has 0 aromatic heterocycles. The average Bonchev–Trinajstić information content (AvgIpc) is 1.85. The Balaban J connectivity index is 3.74. The second-order valence-corrected chi connectivity index (χ2v) is 2.28. The van der Waals surface area contributed by atoms with Crippen LogP contribution >= 0.6 is 0 Å². The second kappa shape index (κ2) is 4.06. The summed E-state index contributed by atoms with van der Waals surface area (Å²) in [6, 6.07) is -0.0356. The number of methoxy groups -OCH3 is 1. The topological polar surface area (TPSA) is 52.3 Å². The molecular formula is C7H13NO2. The van der Waals surface area contributed by atoms with Crippen molar-refractivity contribution in [1.82, 2.24) is 0 Å². The third-order valence-electron chi connectivity index (χ3n) is 1.04. The number of esters is 1. The summed E-state index contributed by atoms with van der Waals surface area (Å²) in [5.74, 6) is -0.378. The number of ether oxygens (including phenoxy) is 1. The van der Waals surface area contributed by atoms with E-state index in [4.69, 9.17) is 5.73 Å². The predicted molar refractivity (Wildman–Crippen MR) is 39.4 cm³/mol. The molecule has 3 nitrogen and oxygen atoms in total. The molecule has 10 heavy (non-hydrogen) atoms. The largest absolute Gasteiger partial charge is 0.466 e. The fourth-order valence-electron chi connectivity index (χ4n) is 0.616. The molecule has 0 aliphatic heterocycles. The Morgan fingerprint density at radius 1 is 1.80 bits per heavy atom. The standard InChI is InChI=1S/C7H13NO2/c1-5(4-6(2)8)7(9)10-3/h6H,1,4,8H2,2-3H3/t6-/m0/s1. The third kappa shape index (κ3) is 3.25. The van der Waals surface area contributed by atoms with Crippen molar-refractivity contribution >= 4 is 5.97 Å².